The Bertz CT molecular complexity index is 372. The molecular weight excluding hydrogens is 164 g/mol. The van der Waals surface area contributed by atoms with Gasteiger partial charge < -0.3 is 5.73 Å². The Hall–Kier alpha value is -1.39. The predicted octanol–water partition coefficient (Wildman–Crippen LogP) is 0.817. The van der Waals surface area contributed by atoms with E-state index in [1.54, 1.807) is 6.21 Å². The molecule has 1 heterocycles. The molecule has 1 aromatic rings. The van der Waals surface area contributed by atoms with Crippen LogP contribution in [-0.2, 0) is 0 Å². The number of hydrogen-bond acceptors (Lipinski definition) is 3. The van der Waals surface area contributed by atoms with Crippen LogP contribution in [0.5, 0.6) is 0 Å². The Balaban J connectivity index is 2.57. The van der Waals surface area contributed by atoms with Crippen LogP contribution in [0.1, 0.15) is 12.5 Å². The molecule has 0 amide bonds. The molecule has 1 aliphatic heterocycles. The summed E-state index contributed by atoms with van der Waals surface area (Å²) in [7, 11) is 0. The fraction of sp³-hybridized carbons (Fsp3) is 0.222. The standard InChI is InChI=1S/C9H13N4/c1-2-13(11)9-5-8(10)4-3-7(9)6-12-13/h3-6H,2,10-11H2,1H3/q+1. The molecular formula is C9H13N4+. The van der Waals surface area contributed by atoms with E-state index >= 15 is 0 Å². The van der Waals surface area contributed by atoms with Crippen molar-refractivity contribution >= 4 is 17.6 Å². The molecule has 1 aliphatic rings. The van der Waals surface area contributed by atoms with Crippen LogP contribution in [0.4, 0.5) is 11.4 Å². The number of hydrogen-bond donors (Lipinski definition) is 2. The van der Waals surface area contributed by atoms with Crippen molar-refractivity contribution in [2.45, 2.75) is 6.92 Å². The summed E-state index contributed by atoms with van der Waals surface area (Å²) in [6, 6.07) is 5.68. The summed E-state index contributed by atoms with van der Waals surface area (Å²) in [5, 5.41) is 4.23. The second kappa shape index (κ2) is 2.55. The van der Waals surface area contributed by atoms with E-state index in [-0.39, 0.29) is 4.70 Å². The van der Waals surface area contributed by atoms with Gasteiger partial charge in [0.15, 0.2) is 5.69 Å². The number of fused-ring (bicyclic) bond motifs is 1. The van der Waals surface area contributed by atoms with Gasteiger partial charge in [-0.1, -0.05) is 9.80 Å². The molecule has 1 unspecified atom stereocenters. The molecule has 4 nitrogen and oxygen atoms in total. The van der Waals surface area contributed by atoms with Crippen LogP contribution in [0.2, 0.25) is 0 Å². The van der Waals surface area contributed by atoms with E-state index < -0.39 is 0 Å². The second-order valence-electron chi connectivity index (χ2n) is 3.21. The minimum Gasteiger partial charge on any atom is -0.399 e. The summed E-state index contributed by atoms with van der Waals surface area (Å²) in [5.41, 5.74) is 8.44. The Labute approximate surface area is 77.0 Å². The van der Waals surface area contributed by atoms with E-state index in [2.05, 4.69) is 5.10 Å². The van der Waals surface area contributed by atoms with Crippen LogP contribution >= 0.6 is 0 Å². The summed E-state index contributed by atoms with van der Waals surface area (Å²) >= 11 is 0. The summed E-state index contributed by atoms with van der Waals surface area (Å²) < 4.78 is 0.111. The number of anilines is 1. The zero-order valence-corrected chi connectivity index (χ0v) is 7.57. The Morgan fingerprint density at radius 2 is 2.23 bits per heavy atom. The van der Waals surface area contributed by atoms with Crippen LogP contribution in [-0.4, -0.2) is 12.8 Å². The monoisotopic (exact) mass is 177 g/mol. The third-order valence-electron chi connectivity index (χ3n) is 2.36. The lowest BCUT2D eigenvalue weighted by Crippen LogP contribution is -2.49. The minimum atomic E-state index is 0.111. The number of rotatable bonds is 1. The highest BCUT2D eigenvalue weighted by Crippen LogP contribution is 2.30. The van der Waals surface area contributed by atoms with Gasteiger partial charge in [-0.25, -0.2) is 0 Å². The van der Waals surface area contributed by atoms with E-state index in [0.717, 1.165) is 23.5 Å². The van der Waals surface area contributed by atoms with Gasteiger partial charge in [0.1, 0.15) is 6.54 Å². The van der Waals surface area contributed by atoms with E-state index in [1.165, 1.54) is 0 Å². The van der Waals surface area contributed by atoms with Gasteiger partial charge in [-0.05, 0) is 19.1 Å². The lowest BCUT2D eigenvalue weighted by Gasteiger charge is -2.20. The second-order valence-corrected chi connectivity index (χ2v) is 3.21. The third-order valence-corrected chi connectivity index (χ3v) is 2.36. The van der Waals surface area contributed by atoms with Gasteiger partial charge in [-0.2, -0.15) is 0 Å². The number of nitrogens with two attached hydrogens (primary N) is 2. The van der Waals surface area contributed by atoms with Crippen molar-refractivity contribution in [2.75, 3.05) is 12.3 Å². The molecule has 0 bridgehead atoms. The number of nitrogen functional groups attached to an aromatic ring is 1. The maximum absolute atomic E-state index is 6.02. The molecule has 0 saturated heterocycles. The van der Waals surface area contributed by atoms with Gasteiger partial charge in [0.05, 0.1) is 11.8 Å². The van der Waals surface area contributed by atoms with Crippen molar-refractivity contribution in [3.05, 3.63) is 23.8 Å². The summed E-state index contributed by atoms with van der Waals surface area (Å²) in [6.45, 7) is 2.72. The van der Waals surface area contributed by atoms with Crippen LogP contribution < -0.4 is 16.3 Å². The number of benzene rings is 1. The quantitative estimate of drug-likeness (QED) is 0.379. The van der Waals surface area contributed by atoms with Crippen molar-refractivity contribution in [3.8, 4) is 0 Å². The third kappa shape index (κ3) is 1.11. The maximum Gasteiger partial charge on any atom is 0.189 e. The van der Waals surface area contributed by atoms with Crippen molar-refractivity contribution in [3.63, 3.8) is 0 Å². The van der Waals surface area contributed by atoms with E-state index in [9.17, 15) is 0 Å². The molecule has 13 heavy (non-hydrogen) atoms. The van der Waals surface area contributed by atoms with E-state index in [4.69, 9.17) is 11.6 Å². The molecule has 1 atom stereocenters. The van der Waals surface area contributed by atoms with Crippen LogP contribution in [0.3, 0.4) is 0 Å². The minimum absolute atomic E-state index is 0.111. The van der Waals surface area contributed by atoms with Gasteiger partial charge in [-0.15, -0.1) is 5.84 Å². The fourth-order valence-electron chi connectivity index (χ4n) is 1.48. The first-order valence-corrected chi connectivity index (χ1v) is 4.28. The predicted molar refractivity (Wildman–Crippen MR) is 55.0 cm³/mol. The van der Waals surface area contributed by atoms with Gasteiger partial charge in [-0.3, -0.25) is 0 Å². The molecule has 4 N–H and O–H groups in total. The largest absolute Gasteiger partial charge is 0.399 e. The summed E-state index contributed by atoms with van der Waals surface area (Å²) in [4.78, 5) is 0. The maximum atomic E-state index is 6.02. The molecule has 1 aromatic carbocycles. The van der Waals surface area contributed by atoms with Crippen LogP contribution in [0.15, 0.2) is 23.3 Å². The van der Waals surface area contributed by atoms with Gasteiger partial charge in [0, 0.05) is 11.8 Å². The lowest BCUT2D eigenvalue weighted by atomic mass is 10.2. The topological polar surface area (TPSA) is 64.4 Å². The molecule has 0 aromatic heterocycles. The Morgan fingerprint density at radius 3 is 2.92 bits per heavy atom. The van der Waals surface area contributed by atoms with E-state index in [1.807, 2.05) is 25.1 Å². The average Bonchev–Trinajstić information content (AvgIpc) is 2.45. The highest BCUT2D eigenvalue weighted by molar-refractivity contribution is 5.91. The fourth-order valence-corrected chi connectivity index (χ4v) is 1.48. The first kappa shape index (κ1) is 8.22. The molecule has 0 radical (unpaired) electrons. The first-order valence-electron chi connectivity index (χ1n) is 4.28. The zero-order chi connectivity index (χ0) is 9.47. The Kier molecular flexibility index (Phi) is 1.61. The average molecular weight is 177 g/mol. The highest BCUT2D eigenvalue weighted by atomic mass is 15.8. The molecule has 2 rings (SSSR count). The van der Waals surface area contributed by atoms with Crippen molar-refractivity contribution in [1.82, 2.24) is 4.70 Å². The summed E-state index contributed by atoms with van der Waals surface area (Å²) in [6.07, 6.45) is 1.79. The Morgan fingerprint density at radius 1 is 1.46 bits per heavy atom. The molecule has 0 fully saturated rings. The van der Waals surface area contributed by atoms with Gasteiger partial charge in [0.25, 0.3) is 0 Å². The van der Waals surface area contributed by atoms with Crippen LogP contribution in [0, 0.1) is 0 Å². The van der Waals surface area contributed by atoms with Gasteiger partial charge >= 0.3 is 0 Å². The van der Waals surface area contributed by atoms with Crippen LogP contribution in [0.25, 0.3) is 0 Å². The highest BCUT2D eigenvalue weighted by Gasteiger charge is 2.31. The lowest BCUT2D eigenvalue weighted by molar-refractivity contribution is 0.320. The number of nitrogens with zero attached hydrogens (tertiary/aromatic N) is 2. The van der Waals surface area contributed by atoms with Gasteiger partial charge in [0.2, 0.25) is 0 Å². The van der Waals surface area contributed by atoms with Crippen molar-refractivity contribution in [2.24, 2.45) is 10.9 Å². The first-order chi connectivity index (χ1) is 6.15. The van der Waals surface area contributed by atoms with E-state index in [0.29, 0.717) is 0 Å². The zero-order valence-electron chi connectivity index (χ0n) is 7.57. The molecule has 0 aliphatic carbocycles. The number of quaternary nitrogens is 1. The SMILES string of the molecule is CC[N+]1(N)N=Cc2ccc(N)cc21. The molecule has 0 saturated carbocycles. The van der Waals surface area contributed by atoms with Crippen molar-refractivity contribution in [1.29, 1.82) is 0 Å². The normalized spacial score (nSPS) is 24.8. The van der Waals surface area contributed by atoms with Crippen molar-refractivity contribution < 1.29 is 0 Å². The summed E-state index contributed by atoms with van der Waals surface area (Å²) in [5.74, 6) is 6.02. The molecule has 68 valence electrons. The molecule has 4 heteroatoms. The molecule has 0 spiro atoms. The smallest absolute Gasteiger partial charge is 0.189 e.